The molecule has 2 unspecified atom stereocenters. The quantitative estimate of drug-likeness (QED) is 0.769. The molecule has 2 heterocycles. The number of aryl methyl sites for hydroxylation is 2. The van der Waals surface area contributed by atoms with Crippen LogP contribution in [0, 0.1) is 5.92 Å². The molecule has 0 radical (unpaired) electrons. The van der Waals surface area contributed by atoms with Gasteiger partial charge in [0.05, 0.1) is 10.5 Å². The van der Waals surface area contributed by atoms with Crippen LogP contribution >= 0.6 is 0 Å². The highest BCUT2D eigenvalue weighted by molar-refractivity contribution is 7.92. The van der Waals surface area contributed by atoms with Gasteiger partial charge in [0.15, 0.2) is 15.6 Å². The summed E-state index contributed by atoms with van der Waals surface area (Å²) in [6, 6.07) is 10.3. The van der Waals surface area contributed by atoms with E-state index in [0.29, 0.717) is 12.8 Å². The van der Waals surface area contributed by atoms with Crippen LogP contribution in [0.2, 0.25) is 0 Å². The molecule has 2 saturated heterocycles. The maximum absolute atomic E-state index is 13.3. The lowest BCUT2D eigenvalue weighted by molar-refractivity contribution is 0.0895. The van der Waals surface area contributed by atoms with Crippen LogP contribution in [0.5, 0.6) is 0 Å². The number of rotatable bonds is 2. The Hall–Kier alpha value is -1.68. The maximum atomic E-state index is 13.3. The van der Waals surface area contributed by atoms with Crippen molar-refractivity contribution in [2.24, 2.45) is 5.92 Å². The molecule has 2 fully saturated rings. The van der Waals surface area contributed by atoms with Crippen LogP contribution in [0.4, 0.5) is 0 Å². The molecule has 4 heteroatoms. The van der Waals surface area contributed by atoms with E-state index in [4.69, 9.17) is 0 Å². The monoisotopic (exact) mass is 354 g/mol. The Morgan fingerprint density at radius 2 is 1.60 bits per heavy atom. The van der Waals surface area contributed by atoms with Gasteiger partial charge in [-0.25, -0.2) is 8.42 Å². The van der Waals surface area contributed by atoms with Crippen LogP contribution in [-0.2, 0) is 22.7 Å². The standard InChI is InChI=1S/C21H22O3S/c22-21(15-11-16-4-2-5-17(12-15)25(16,23)24)19-10-9-14-8-7-13-3-1-6-18(19)20(13)14/h1,3,6,9-10,15-17H,2,4-5,7-8,11-12H2. The van der Waals surface area contributed by atoms with E-state index >= 15 is 0 Å². The van der Waals surface area contributed by atoms with Gasteiger partial charge >= 0.3 is 0 Å². The zero-order valence-electron chi connectivity index (χ0n) is 14.2. The summed E-state index contributed by atoms with van der Waals surface area (Å²) < 4.78 is 25.0. The average molecular weight is 354 g/mol. The van der Waals surface area contributed by atoms with Gasteiger partial charge in [-0.05, 0) is 60.4 Å². The van der Waals surface area contributed by atoms with Crippen molar-refractivity contribution in [2.45, 2.75) is 55.4 Å². The van der Waals surface area contributed by atoms with E-state index in [0.717, 1.165) is 43.1 Å². The van der Waals surface area contributed by atoms with Crippen molar-refractivity contribution in [1.29, 1.82) is 0 Å². The van der Waals surface area contributed by atoms with Gasteiger partial charge in [0.25, 0.3) is 0 Å². The minimum atomic E-state index is -3.01. The lowest BCUT2D eigenvalue weighted by Gasteiger charge is -2.38. The Kier molecular flexibility index (Phi) is 3.37. The van der Waals surface area contributed by atoms with Gasteiger partial charge in [-0.15, -0.1) is 0 Å². The average Bonchev–Trinajstić information content (AvgIpc) is 2.99. The Balaban J connectivity index is 1.55. The SMILES string of the molecule is O=C(c1ccc2c3c(cccc13)CC2)C1CC2CCCC(C1)S2(=O)=O. The molecule has 1 aliphatic carbocycles. The molecule has 2 aliphatic heterocycles. The first kappa shape index (κ1) is 15.6. The second kappa shape index (κ2) is 5.41. The number of carbonyl (C=O) groups excluding carboxylic acids is 1. The van der Waals surface area contributed by atoms with E-state index in [9.17, 15) is 13.2 Å². The Morgan fingerprint density at radius 1 is 0.920 bits per heavy atom. The van der Waals surface area contributed by atoms with E-state index in [1.54, 1.807) is 0 Å². The number of carbonyl (C=O) groups is 1. The van der Waals surface area contributed by atoms with Gasteiger partial charge in [-0.1, -0.05) is 36.8 Å². The summed E-state index contributed by atoms with van der Waals surface area (Å²) in [6.07, 6.45) is 5.57. The van der Waals surface area contributed by atoms with E-state index in [2.05, 4.69) is 18.2 Å². The molecule has 130 valence electrons. The summed E-state index contributed by atoms with van der Waals surface area (Å²) in [5.41, 5.74) is 3.47. The van der Waals surface area contributed by atoms with E-state index in [-0.39, 0.29) is 22.2 Å². The first-order chi connectivity index (χ1) is 12.1. The molecule has 0 spiro atoms. The second-order valence-corrected chi connectivity index (χ2v) is 10.4. The number of hydrogen-bond acceptors (Lipinski definition) is 3. The predicted molar refractivity (Wildman–Crippen MR) is 98.8 cm³/mol. The fraction of sp³-hybridized carbons (Fsp3) is 0.476. The highest BCUT2D eigenvalue weighted by Gasteiger charge is 2.46. The lowest BCUT2D eigenvalue weighted by atomic mass is 9.83. The summed E-state index contributed by atoms with van der Waals surface area (Å²) in [5, 5.41) is 1.73. The van der Waals surface area contributed by atoms with Gasteiger partial charge in [-0.3, -0.25) is 4.79 Å². The molecule has 5 rings (SSSR count). The van der Waals surface area contributed by atoms with Crippen molar-refractivity contribution in [3.8, 4) is 0 Å². The molecule has 2 aromatic rings. The first-order valence-corrected chi connectivity index (χ1v) is 11.0. The molecule has 2 atom stereocenters. The van der Waals surface area contributed by atoms with Gasteiger partial charge in [-0.2, -0.15) is 0 Å². The fourth-order valence-electron chi connectivity index (χ4n) is 5.30. The molecule has 0 aromatic heterocycles. The fourth-order valence-corrected chi connectivity index (χ4v) is 7.84. The Morgan fingerprint density at radius 3 is 2.32 bits per heavy atom. The number of hydrogen-bond donors (Lipinski definition) is 0. The third-order valence-corrected chi connectivity index (χ3v) is 9.30. The molecular formula is C21H22O3S. The third kappa shape index (κ3) is 2.23. The Labute approximate surface area is 148 Å². The van der Waals surface area contributed by atoms with Crippen LogP contribution in [0.1, 0.15) is 53.6 Å². The van der Waals surface area contributed by atoms with Gasteiger partial charge < -0.3 is 0 Å². The van der Waals surface area contributed by atoms with Crippen molar-refractivity contribution in [1.82, 2.24) is 0 Å². The Bertz CT molecular complexity index is 959. The summed E-state index contributed by atoms with van der Waals surface area (Å²) in [7, 11) is -3.01. The topological polar surface area (TPSA) is 51.2 Å². The first-order valence-electron chi connectivity index (χ1n) is 9.36. The molecular weight excluding hydrogens is 332 g/mol. The van der Waals surface area contributed by atoms with E-state index in [1.165, 1.54) is 16.5 Å². The van der Waals surface area contributed by atoms with Gasteiger partial charge in [0.2, 0.25) is 0 Å². The van der Waals surface area contributed by atoms with Crippen LogP contribution in [0.15, 0.2) is 30.3 Å². The van der Waals surface area contributed by atoms with Crippen LogP contribution < -0.4 is 0 Å². The maximum Gasteiger partial charge on any atom is 0.166 e. The smallest absolute Gasteiger partial charge is 0.166 e. The number of ketones is 1. The van der Waals surface area contributed by atoms with Crippen molar-refractivity contribution in [2.75, 3.05) is 0 Å². The normalized spacial score (nSPS) is 29.7. The second-order valence-electron chi connectivity index (χ2n) is 7.91. The molecule has 25 heavy (non-hydrogen) atoms. The zero-order chi connectivity index (χ0) is 17.2. The zero-order valence-corrected chi connectivity index (χ0v) is 15.0. The molecule has 2 aromatic carbocycles. The van der Waals surface area contributed by atoms with Crippen LogP contribution in [0.25, 0.3) is 10.8 Å². The van der Waals surface area contributed by atoms with Crippen LogP contribution in [0.3, 0.4) is 0 Å². The minimum absolute atomic E-state index is 0.141. The molecule has 3 aliphatic rings. The lowest BCUT2D eigenvalue weighted by Crippen LogP contribution is -2.45. The predicted octanol–water partition coefficient (Wildman–Crippen LogP) is 3.87. The number of sulfone groups is 1. The number of benzene rings is 2. The largest absolute Gasteiger partial charge is 0.294 e. The minimum Gasteiger partial charge on any atom is -0.294 e. The molecule has 2 bridgehead atoms. The summed E-state index contributed by atoms with van der Waals surface area (Å²) >= 11 is 0. The van der Waals surface area contributed by atoms with Crippen molar-refractivity contribution in [3.05, 3.63) is 47.0 Å². The molecule has 0 N–H and O–H groups in total. The van der Waals surface area contributed by atoms with E-state index in [1.807, 2.05) is 12.1 Å². The van der Waals surface area contributed by atoms with Crippen molar-refractivity contribution >= 4 is 26.4 Å². The van der Waals surface area contributed by atoms with E-state index < -0.39 is 9.84 Å². The molecule has 0 amide bonds. The van der Waals surface area contributed by atoms with Crippen LogP contribution in [-0.4, -0.2) is 24.7 Å². The summed E-state index contributed by atoms with van der Waals surface area (Å²) in [5.74, 6) is 0.0136. The summed E-state index contributed by atoms with van der Waals surface area (Å²) in [4.78, 5) is 13.3. The number of fused-ring (bicyclic) bond motifs is 2. The van der Waals surface area contributed by atoms with Crippen molar-refractivity contribution < 1.29 is 13.2 Å². The third-order valence-electron chi connectivity index (χ3n) is 6.59. The summed E-state index contributed by atoms with van der Waals surface area (Å²) in [6.45, 7) is 0. The highest BCUT2D eigenvalue weighted by Crippen LogP contribution is 2.41. The van der Waals surface area contributed by atoms with Crippen molar-refractivity contribution in [3.63, 3.8) is 0 Å². The molecule has 3 nitrogen and oxygen atoms in total. The highest BCUT2D eigenvalue weighted by atomic mass is 32.2. The number of Topliss-reactive ketones (excluding diaryl/α,β-unsaturated/α-hetero) is 1. The van der Waals surface area contributed by atoms with Gasteiger partial charge in [0, 0.05) is 11.5 Å². The van der Waals surface area contributed by atoms with Gasteiger partial charge in [0.1, 0.15) is 0 Å². The molecule has 0 saturated carbocycles.